The summed E-state index contributed by atoms with van der Waals surface area (Å²) in [4.78, 5) is 26.1. The molecule has 4 rings (SSSR count). The second kappa shape index (κ2) is 9.47. The molecule has 1 unspecified atom stereocenters. The van der Waals surface area contributed by atoms with E-state index in [9.17, 15) is 19.2 Å². The highest BCUT2D eigenvalue weighted by Crippen LogP contribution is 2.29. The van der Waals surface area contributed by atoms with Crippen molar-refractivity contribution in [1.29, 1.82) is 5.26 Å². The van der Waals surface area contributed by atoms with Gasteiger partial charge in [-0.3, -0.25) is 9.59 Å². The number of carbonyl (C=O) groups excluding carboxylic acids is 2. The second-order valence-corrected chi connectivity index (χ2v) is 8.15. The van der Waals surface area contributed by atoms with Crippen molar-refractivity contribution < 1.29 is 18.7 Å². The van der Waals surface area contributed by atoms with E-state index in [1.165, 1.54) is 6.07 Å². The summed E-state index contributed by atoms with van der Waals surface area (Å²) in [5.74, 6) is -0.832. The highest BCUT2D eigenvalue weighted by atomic mass is 19.1. The van der Waals surface area contributed by atoms with Gasteiger partial charge in [0.05, 0.1) is 6.07 Å². The van der Waals surface area contributed by atoms with Crippen LogP contribution in [0.2, 0.25) is 0 Å². The maximum atomic E-state index is 14.9. The maximum absolute atomic E-state index is 14.9. The van der Waals surface area contributed by atoms with Gasteiger partial charge in [0, 0.05) is 38.7 Å². The fourth-order valence-electron chi connectivity index (χ4n) is 4.03. The Labute approximate surface area is 186 Å². The molecule has 2 atom stereocenters. The molecule has 2 aliphatic rings. The Hall–Kier alpha value is -3.28. The Morgan fingerprint density at radius 1 is 1.34 bits per heavy atom. The van der Waals surface area contributed by atoms with Crippen molar-refractivity contribution in [1.82, 2.24) is 15.5 Å². The van der Waals surface area contributed by atoms with Crippen LogP contribution in [0.25, 0.3) is 11.1 Å². The van der Waals surface area contributed by atoms with Crippen molar-refractivity contribution in [3.05, 3.63) is 58.9 Å². The summed E-state index contributed by atoms with van der Waals surface area (Å²) in [5.41, 5.74) is 3.44. The third kappa shape index (κ3) is 4.64. The van der Waals surface area contributed by atoms with E-state index in [-0.39, 0.29) is 18.2 Å². The summed E-state index contributed by atoms with van der Waals surface area (Å²) >= 11 is 0. The molecule has 32 heavy (non-hydrogen) atoms. The number of nitriles is 1. The number of carbonyl (C=O) groups is 2. The van der Waals surface area contributed by atoms with Crippen LogP contribution in [-0.2, 0) is 22.5 Å². The zero-order valence-electron chi connectivity index (χ0n) is 17.9. The summed E-state index contributed by atoms with van der Waals surface area (Å²) in [6.45, 7) is 2.17. The van der Waals surface area contributed by atoms with Gasteiger partial charge in [-0.1, -0.05) is 18.2 Å². The summed E-state index contributed by atoms with van der Waals surface area (Å²) in [6.07, 6.45) is 0.212. The first-order chi connectivity index (χ1) is 15.5. The van der Waals surface area contributed by atoms with Crippen LogP contribution < -0.4 is 10.6 Å². The molecule has 8 heteroatoms. The van der Waals surface area contributed by atoms with Crippen molar-refractivity contribution >= 4 is 11.8 Å². The van der Waals surface area contributed by atoms with Crippen LogP contribution in [-0.4, -0.2) is 55.6 Å². The van der Waals surface area contributed by atoms with Crippen LogP contribution in [0.4, 0.5) is 4.39 Å². The van der Waals surface area contributed by atoms with Gasteiger partial charge in [0.2, 0.25) is 0 Å². The lowest BCUT2D eigenvalue weighted by atomic mass is 9.97. The Balaban J connectivity index is 1.45. The molecule has 0 saturated carbocycles. The monoisotopic (exact) mass is 436 g/mol. The van der Waals surface area contributed by atoms with Gasteiger partial charge in [-0.2, -0.15) is 5.26 Å². The molecule has 2 N–H and O–H groups in total. The first-order valence-corrected chi connectivity index (χ1v) is 10.7. The number of nitrogens with one attached hydrogen (secondary N) is 2. The van der Waals surface area contributed by atoms with Crippen LogP contribution in [0, 0.1) is 17.1 Å². The van der Waals surface area contributed by atoms with Gasteiger partial charge in [0.15, 0.2) is 0 Å². The summed E-state index contributed by atoms with van der Waals surface area (Å²) in [5, 5.41) is 15.2. The molecular weight excluding hydrogens is 411 g/mol. The molecule has 2 amide bonds. The minimum Gasteiger partial charge on any atom is -0.367 e. The molecule has 166 valence electrons. The number of halogens is 1. The van der Waals surface area contributed by atoms with Crippen LogP contribution in [0.5, 0.6) is 0 Å². The number of hydrogen-bond acceptors (Lipinski definition) is 5. The van der Waals surface area contributed by atoms with E-state index in [0.29, 0.717) is 36.4 Å². The highest BCUT2D eigenvalue weighted by Gasteiger charge is 2.25. The lowest BCUT2D eigenvalue weighted by molar-refractivity contribution is -0.132. The molecule has 1 fully saturated rings. The van der Waals surface area contributed by atoms with E-state index in [2.05, 4.69) is 10.6 Å². The van der Waals surface area contributed by atoms with E-state index in [1.807, 2.05) is 18.2 Å². The fraction of sp³-hybridized carbons (Fsp3) is 0.375. The second-order valence-electron chi connectivity index (χ2n) is 8.15. The van der Waals surface area contributed by atoms with Gasteiger partial charge in [-0.25, -0.2) is 4.39 Å². The van der Waals surface area contributed by atoms with Gasteiger partial charge in [-0.05, 0) is 53.4 Å². The summed E-state index contributed by atoms with van der Waals surface area (Å²) in [6, 6.07) is 11.5. The van der Waals surface area contributed by atoms with Crippen molar-refractivity contribution in [2.24, 2.45) is 0 Å². The molecule has 0 radical (unpaired) electrons. The molecule has 0 aromatic heterocycles. The van der Waals surface area contributed by atoms with Gasteiger partial charge < -0.3 is 20.3 Å². The van der Waals surface area contributed by atoms with Crippen LogP contribution in [0.15, 0.2) is 36.4 Å². The van der Waals surface area contributed by atoms with E-state index in [4.69, 9.17) is 4.74 Å². The van der Waals surface area contributed by atoms with E-state index in [1.54, 1.807) is 30.1 Å². The van der Waals surface area contributed by atoms with Crippen molar-refractivity contribution in [2.45, 2.75) is 31.5 Å². The molecule has 0 aliphatic carbocycles. The maximum Gasteiger partial charge on any atom is 0.254 e. The topological polar surface area (TPSA) is 94.5 Å². The van der Waals surface area contributed by atoms with Gasteiger partial charge in [-0.15, -0.1) is 0 Å². The molecule has 0 bridgehead atoms. The van der Waals surface area contributed by atoms with Crippen LogP contribution in [0.1, 0.15) is 27.9 Å². The average molecular weight is 436 g/mol. The van der Waals surface area contributed by atoms with Gasteiger partial charge in [0.25, 0.3) is 11.8 Å². The van der Waals surface area contributed by atoms with Crippen molar-refractivity contribution in [2.75, 3.05) is 26.7 Å². The standard InChI is InChI=1S/C24H25FN4O3/c1-29-14-18-9-15(5-6-20(18)24(29)31)16-3-4-17(21(25)11-16)10-19(12-26)28-23(30)22-13-27-7-2-8-32-22/h3-6,9,11,19,22,27H,2,7-8,10,13-14H2,1H3,(H,28,30)/t19-,22?/m0/s1. The number of benzene rings is 2. The smallest absolute Gasteiger partial charge is 0.254 e. The minimum absolute atomic E-state index is 0.0114. The molecule has 7 nitrogen and oxygen atoms in total. The number of nitrogens with zero attached hydrogens (tertiary/aromatic N) is 2. The molecule has 2 aromatic rings. The SMILES string of the molecule is CN1Cc2cc(-c3ccc(C[C@@H](C#N)NC(=O)C4CNCCCO4)c(F)c3)ccc2C1=O. The molecule has 0 spiro atoms. The molecular formula is C24H25FN4O3. The summed E-state index contributed by atoms with van der Waals surface area (Å²) < 4.78 is 20.4. The minimum atomic E-state index is -0.865. The highest BCUT2D eigenvalue weighted by molar-refractivity contribution is 5.98. The number of ether oxygens (including phenoxy) is 1. The number of fused-ring (bicyclic) bond motifs is 1. The van der Waals surface area contributed by atoms with Crippen LogP contribution >= 0.6 is 0 Å². The molecule has 2 aromatic carbocycles. The Morgan fingerprint density at radius 2 is 2.12 bits per heavy atom. The number of amides is 2. The molecule has 1 saturated heterocycles. The fourth-order valence-corrected chi connectivity index (χ4v) is 4.03. The largest absolute Gasteiger partial charge is 0.367 e. The van der Waals surface area contributed by atoms with E-state index >= 15 is 0 Å². The average Bonchev–Trinajstić information content (AvgIpc) is 2.97. The van der Waals surface area contributed by atoms with Crippen molar-refractivity contribution in [3.8, 4) is 17.2 Å². The molecule has 2 aliphatic heterocycles. The third-order valence-corrected chi connectivity index (χ3v) is 5.81. The zero-order valence-corrected chi connectivity index (χ0v) is 17.9. The Kier molecular flexibility index (Phi) is 6.49. The van der Waals surface area contributed by atoms with Crippen molar-refractivity contribution in [3.63, 3.8) is 0 Å². The first-order valence-electron chi connectivity index (χ1n) is 10.7. The Morgan fingerprint density at radius 3 is 2.91 bits per heavy atom. The zero-order chi connectivity index (χ0) is 22.7. The summed E-state index contributed by atoms with van der Waals surface area (Å²) in [7, 11) is 1.75. The lowest BCUT2D eigenvalue weighted by Gasteiger charge is -2.18. The van der Waals surface area contributed by atoms with Gasteiger partial charge >= 0.3 is 0 Å². The normalized spacial score (nSPS) is 19.1. The van der Waals surface area contributed by atoms with Gasteiger partial charge in [0.1, 0.15) is 18.0 Å². The predicted molar refractivity (Wildman–Crippen MR) is 116 cm³/mol. The lowest BCUT2D eigenvalue weighted by Crippen LogP contribution is -2.46. The van der Waals surface area contributed by atoms with E-state index < -0.39 is 18.0 Å². The third-order valence-electron chi connectivity index (χ3n) is 5.81. The van der Waals surface area contributed by atoms with Crippen LogP contribution in [0.3, 0.4) is 0 Å². The molecule has 2 heterocycles. The number of rotatable bonds is 5. The Bertz CT molecular complexity index is 1070. The number of hydrogen-bond donors (Lipinski definition) is 2. The quantitative estimate of drug-likeness (QED) is 0.748. The first kappa shape index (κ1) is 21.9. The predicted octanol–water partition coefficient (Wildman–Crippen LogP) is 2.01. The van der Waals surface area contributed by atoms with E-state index in [0.717, 1.165) is 24.1 Å².